The topological polar surface area (TPSA) is 72.1 Å². The molecule has 1 aromatic heterocycles. The number of benzene rings is 2. The van der Waals surface area contributed by atoms with Crippen LogP contribution in [0.5, 0.6) is 0 Å². The van der Waals surface area contributed by atoms with E-state index in [1.54, 1.807) is 50.3 Å². The zero-order valence-corrected chi connectivity index (χ0v) is 17.7. The first-order valence-electron chi connectivity index (χ1n) is 9.71. The molecule has 0 fully saturated rings. The number of halogens is 1. The highest BCUT2D eigenvalue weighted by atomic mass is 35.5. The summed E-state index contributed by atoms with van der Waals surface area (Å²) >= 11 is 6.13. The molecule has 2 heterocycles. The summed E-state index contributed by atoms with van der Waals surface area (Å²) in [6, 6.07) is 17.8. The summed E-state index contributed by atoms with van der Waals surface area (Å²) in [5, 5.41) is 6.04. The second-order valence-corrected chi connectivity index (χ2v) is 7.22. The number of hydrogen-bond donors (Lipinski definition) is 0. The summed E-state index contributed by atoms with van der Waals surface area (Å²) in [4.78, 5) is 25.0. The lowest BCUT2D eigenvalue weighted by atomic mass is 10.1. The number of furan rings is 1. The lowest BCUT2D eigenvalue weighted by Crippen LogP contribution is -2.21. The lowest BCUT2D eigenvalue weighted by molar-refractivity contribution is -0.114. The third-order valence-electron chi connectivity index (χ3n) is 4.72. The van der Waals surface area contributed by atoms with Gasteiger partial charge in [-0.2, -0.15) is 10.1 Å². The number of rotatable bonds is 5. The van der Waals surface area contributed by atoms with Crippen LogP contribution in [0.4, 0.5) is 5.69 Å². The SMILES string of the molecule is CCOC(=O)c1cc(-c2ccc(/C=C3\C(=O)N(c4ccccc4)N=C3C)o2)ccc1Cl. The van der Waals surface area contributed by atoms with Crippen LogP contribution >= 0.6 is 11.6 Å². The molecule has 7 heteroatoms. The second-order valence-electron chi connectivity index (χ2n) is 6.81. The summed E-state index contributed by atoms with van der Waals surface area (Å²) in [7, 11) is 0. The Kier molecular flexibility index (Phi) is 5.73. The fraction of sp³-hybridized carbons (Fsp3) is 0.125. The van der Waals surface area contributed by atoms with Crippen molar-refractivity contribution in [2.45, 2.75) is 13.8 Å². The van der Waals surface area contributed by atoms with Crippen molar-refractivity contribution in [2.75, 3.05) is 11.6 Å². The van der Waals surface area contributed by atoms with Crippen molar-refractivity contribution in [1.29, 1.82) is 0 Å². The van der Waals surface area contributed by atoms with Crippen LogP contribution in [0.25, 0.3) is 17.4 Å². The quantitative estimate of drug-likeness (QED) is 0.388. The highest BCUT2D eigenvalue weighted by Crippen LogP contribution is 2.29. The van der Waals surface area contributed by atoms with Crippen LogP contribution in [-0.2, 0) is 9.53 Å². The Morgan fingerprint density at radius 3 is 2.68 bits per heavy atom. The predicted molar refractivity (Wildman–Crippen MR) is 120 cm³/mol. The highest BCUT2D eigenvalue weighted by Gasteiger charge is 2.29. The molecule has 6 nitrogen and oxygen atoms in total. The number of carbonyl (C=O) groups excluding carboxylic acids is 2. The molecule has 0 aliphatic carbocycles. The Hall–Kier alpha value is -3.64. The molecule has 0 atom stereocenters. The van der Waals surface area contributed by atoms with Crippen molar-refractivity contribution in [1.82, 2.24) is 0 Å². The maximum Gasteiger partial charge on any atom is 0.339 e. The molecule has 2 aromatic carbocycles. The molecule has 1 aliphatic rings. The minimum atomic E-state index is -0.493. The standard InChI is InChI=1S/C24H19ClN2O4/c1-3-30-24(29)20-13-16(9-11-21(20)25)22-12-10-18(31-22)14-19-15(2)26-27(23(19)28)17-7-5-4-6-8-17/h4-14H,3H2,1-2H3/b19-14-. The van der Waals surface area contributed by atoms with E-state index in [0.717, 1.165) is 0 Å². The fourth-order valence-electron chi connectivity index (χ4n) is 3.20. The average molecular weight is 435 g/mol. The summed E-state index contributed by atoms with van der Waals surface area (Å²) in [6.45, 7) is 3.77. The van der Waals surface area contributed by atoms with Crippen molar-refractivity contribution >= 4 is 41.0 Å². The van der Waals surface area contributed by atoms with E-state index in [2.05, 4.69) is 5.10 Å². The van der Waals surface area contributed by atoms with Crippen LogP contribution in [-0.4, -0.2) is 24.2 Å². The number of anilines is 1. The van der Waals surface area contributed by atoms with Crippen LogP contribution < -0.4 is 5.01 Å². The number of hydrazone groups is 1. The van der Waals surface area contributed by atoms with Gasteiger partial charge in [0.1, 0.15) is 11.5 Å². The van der Waals surface area contributed by atoms with Crippen molar-refractivity contribution in [3.05, 3.63) is 82.6 Å². The maximum absolute atomic E-state index is 12.9. The number of carbonyl (C=O) groups is 2. The van der Waals surface area contributed by atoms with Crippen molar-refractivity contribution in [3.8, 4) is 11.3 Å². The number of amides is 1. The number of ether oxygens (including phenoxy) is 1. The minimum Gasteiger partial charge on any atom is -0.462 e. The Bertz CT molecular complexity index is 1210. The third kappa shape index (κ3) is 4.15. The van der Waals surface area contributed by atoms with Gasteiger partial charge < -0.3 is 9.15 Å². The molecular weight excluding hydrogens is 416 g/mol. The van der Waals surface area contributed by atoms with Gasteiger partial charge in [-0.25, -0.2) is 4.79 Å². The van der Waals surface area contributed by atoms with Crippen molar-refractivity contribution in [3.63, 3.8) is 0 Å². The molecule has 1 amide bonds. The van der Waals surface area contributed by atoms with Crippen LogP contribution in [0.1, 0.15) is 30.0 Å². The van der Waals surface area contributed by atoms with Crippen LogP contribution in [0.3, 0.4) is 0 Å². The minimum absolute atomic E-state index is 0.224. The Morgan fingerprint density at radius 2 is 1.94 bits per heavy atom. The van der Waals surface area contributed by atoms with E-state index in [-0.39, 0.29) is 18.1 Å². The van der Waals surface area contributed by atoms with E-state index in [1.807, 2.05) is 30.3 Å². The van der Waals surface area contributed by atoms with E-state index >= 15 is 0 Å². The van der Waals surface area contributed by atoms with Gasteiger partial charge in [0, 0.05) is 5.56 Å². The number of esters is 1. The molecule has 3 aromatic rings. The van der Waals surface area contributed by atoms with Crippen LogP contribution in [0.15, 0.2) is 75.8 Å². The summed E-state index contributed by atoms with van der Waals surface area (Å²) in [5.74, 6) is 0.315. The molecule has 0 saturated carbocycles. The van der Waals surface area contributed by atoms with Crippen LogP contribution in [0, 0.1) is 0 Å². The largest absolute Gasteiger partial charge is 0.462 e. The molecule has 0 spiro atoms. The summed E-state index contributed by atoms with van der Waals surface area (Å²) in [5.41, 5.74) is 2.69. The maximum atomic E-state index is 12.9. The van der Waals surface area contributed by atoms with Gasteiger partial charge in [0.25, 0.3) is 5.91 Å². The lowest BCUT2D eigenvalue weighted by Gasteiger charge is -2.10. The Morgan fingerprint density at radius 1 is 1.16 bits per heavy atom. The molecule has 1 aliphatic heterocycles. The first-order valence-corrected chi connectivity index (χ1v) is 10.1. The monoisotopic (exact) mass is 434 g/mol. The second kappa shape index (κ2) is 8.62. The molecule has 4 rings (SSSR count). The van der Waals surface area contributed by atoms with Gasteiger partial charge in [-0.1, -0.05) is 29.8 Å². The Balaban J connectivity index is 1.61. The first kappa shape index (κ1) is 20.6. The molecular formula is C24H19ClN2O4. The fourth-order valence-corrected chi connectivity index (χ4v) is 3.39. The Labute approximate surface area is 184 Å². The van der Waals surface area contributed by atoms with Gasteiger partial charge in [-0.15, -0.1) is 0 Å². The zero-order valence-electron chi connectivity index (χ0n) is 17.0. The number of hydrogen-bond acceptors (Lipinski definition) is 5. The van der Waals surface area contributed by atoms with E-state index in [4.69, 9.17) is 20.8 Å². The molecule has 156 valence electrons. The summed E-state index contributed by atoms with van der Waals surface area (Å²) in [6.07, 6.45) is 1.66. The number of para-hydroxylation sites is 1. The summed E-state index contributed by atoms with van der Waals surface area (Å²) < 4.78 is 11.0. The van der Waals surface area contributed by atoms with Gasteiger partial charge in [0.15, 0.2) is 0 Å². The van der Waals surface area contributed by atoms with Crippen molar-refractivity contribution in [2.24, 2.45) is 5.10 Å². The molecule has 0 radical (unpaired) electrons. The van der Waals surface area contributed by atoms with E-state index in [1.165, 1.54) is 5.01 Å². The smallest absolute Gasteiger partial charge is 0.339 e. The van der Waals surface area contributed by atoms with Crippen molar-refractivity contribution < 1.29 is 18.7 Å². The molecule has 0 bridgehead atoms. The van der Waals surface area contributed by atoms with Gasteiger partial charge in [0.2, 0.25) is 0 Å². The molecule has 0 N–H and O–H groups in total. The van der Waals surface area contributed by atoms with Gasteiger partial charge in [0.05, 0.1) is 34.2 Å². The first-order chi connectivity index (χ1) is 15.0. The van der Waals surface area contributed by atoms with Gasteiger partial charge in [-0.05, 0) is 62.4 Å². The van der Waals surface area contributed by atoms with E-state index in [0.29, 0.717) is 39.1 Å². The predicted octanol–water partition coefficient (Wildman–Crippen LogP) is 5.58. The van der Waals surface area contributed by atoms with Gasteiger partial charge in [-0.3, -0.25) is 4.79 Å². The molecule has 31 heavy (non-hydrogen) atoms. The van der Waals surface area contributed by atoms with Gasteiger partial charge >= 0.3 is 5.97 Å². The normalized spacial score (nSPS) is 14.8. The van der Waals surface area contributed by atoms with E-state index < -0.39 is 5.97 Å². The zero-order chi connectivity index (χ0) is 22.0. The third-order valence-corrected chi connectivity index (χ3v) is 5.05. The van der Waals surface area contributed by atoms with E-state index in [9.17, 15) is 9.59 Å². The van der Waals surface area contributed by atoms with Crippen LogP contribution in [0.2, 0.25) is 5.02 Å². The molecule has 0 saturated heterocycles. The number of nitrogens with zero attached hydrogens (tertiary/aromatic N) is 2. The molecule has 0 unspecified atom stereocenters. The highest BCUT2D eigenvalue weighted by molar-refractivity contribution is 6.33. The average Bonchev–Trinajstić information content (AvgIpc) is 3.35.